The number of rotatable bonds is 27. The van der Waals surface area contributed by atoms with Gasteiger partial charge in [-0.15, -0.1) is 0 Å². The molecular weight excluding hydrogens is 749 g/mol. The van der Waals surface area contributed by atoms with Gasteiger partial charge in [0.15, 0.2) is 6.29 Å². The molecule has 1 atom stereocenters. The molecule has 7 nitrogen and oxygen atoms in total. The molecule has 330 valence electrons. The molecule has 0 aliphatic heterocycles. The average Bonchev–Trinajstić information content (AvgIpc) is 3.26. The van der Waals surface area contributed by atoms with Crippen LogP contribution < -0.4 is 4.74 Å². The first-order valence-corrected chi connectivity index (χ1v) is 23.0. The first-order chi connectivity index (χ1) is 29.0. The van der Waals surface area contributed by atoms with Crippen LogP contribution in [0.5, 0.6) is 5.75 Å². The van der Waals surface area contributed by atoms with Gasteiger partial charge in [-0.05, 0) is 159 Å². The number of aliphatic hydroxyl groups excluding tert-OH is 3. The van der Waals surface area contributed by atoms with E-state index in [4.69, 9.17) is 14.2 Å². The van der Waals surface area contributed by atoms with E-state index in [0.29, 0.717) is 68.8 Å². The normalized spacial score (nSPS) is 16.1. The lowest BCUT2D eigenvalue weighted by molar-refractivity contribution is -0.139. The number of esters is 1. The first kappa shape index (κ1) is 48.9. The molecule has 0 radical (unpaired) electrons. The summed E-state index contributed by atoms with van der Waals surface area (Å²) >= 11 is 0. The van der Waals surface area contributed by atoms with E-state index in [2.05, 4.69) is 88.5 Å². The van der Waals surface area contributed by atoms with E-state index >= 15 is 0 Å². The van der Waals surface area contributed by atoms with Crippen LogP contribution >= 0.6 is 0 Å². The van der Waals surface area contributed by atoms with Gasteiger partial charge in [0.25, 0.3) is 0 Å². The third kappa shape index (κ3) is 14.4. The van der Waals surface area contributed by atoms with Crippen molar-refractivity contribution in [1.82, 2.24) is 0 Å². The maximum Gasteiger partial charge on any atom is 0.333 e. The van der Waals surface area contributed by atoms with E-state index < -0.39 is 17.7 Å². The van der Waals surface area contributed by atoms with Crippen LogP contribution in [0.15, 0.2) is 78.9 Å². The van der Waals surface area contributed by atoms with Crippen LogP contribution in [-0.2, 0) is 33.5 Å². The fraction of sp³-hybridized carbons (Fsp3) is 0.566. The van der Waals surface area contributed by atoms with Crippen molar-refractivity contribution in [2.24, 2.45) is 11.3 Å². The smallest absolute Gasteiger partial charge is 0.333 e. The molecule has 4 rings (SSSR count). The summed E-state index contributed by atoms with van der Waals surface area (Å²) in [5.74, 6) is 1.94. The monoisotopic (exact) mass is 825 g/mol. The second kappa shape index (κ2) is 25.2. The van der Waals surface area contributed by atoms with Crippen LogP contribution in [0.3, 0.4) is 0 Å². The van der Waals surface area contributed by atoms with E-state index in [0.717, 1.165) is 46.8 Å². The lowest BCUT2D eigenvalue weighted by Crippen LogP contribution is -2.31. The van der Waals surface area contributed by atoms with Crippen molar-refractivity contribution in [1.29, 1.82) is 0 Å². The van der Waals surface area contributed by atoms with E-state index in [-0.39, 0.29) is 19.8 Å². The highest BCUT2D eigenvalue weighted by atomic mass is 16.6. The van der Waals surface area contributed by atoms with Crippen molar-refractivity contribution in [3.05, 3.63) is 101 Å². The van der Waals surface area contributed by atoms with E-state index in [1.807, 2.05) is 0 Å². The van der Waals surface area contributed by atoms with Gasteiger partial charge in [-0.25, -0.2) is 4.79 Å². The minimum atomic E-state index is -1.02. The molecule has 0 heterocycles. The molecule has 1 aliphatic carbocycles. The molecule has 7 heteroatoms. The van der Waals surface area contributed by atoms with Gasteiger partial charge in [0.2, 0.25) is 0 Å². The van der Waals surface area contributed by atoms with Crippen LogP contribution in [0.25, 0.3) is 22.3 Å². The number of ether oxygens (including phenoxy) is 3. The molecule has 1 fully saturated rings. The lowest BCUT2D eigenvalue weighted by Gasteiger charge is -2.30. The van der Waals surface area contributed by atoms with Crippen molar-refractivity contribution in [3.8, 4) is 28.0 Å². The van der Waals surface area contributed by atoms with Gasteiger partial charge in [-0.1, -0.05) is 108 Å². The molecule has 0 amide bonds. The zero-order valence-electron chi connectivity index (χ0n) is 37.7. The van der Waals surface area contributed by atoms with Gasteiger partial charge in [0, 0.05) is 11.0 Å². The summed E-state index contributed by atoms with van der Waals surface area (Å²) < 4.78 is 17.8. The Morgan fingerprint density at radius 2 is 1.38 bits per heavy atom. The van der Waals surface area contributed by atoms with E-state index in [9.17, 15) is 20.1 Å². The first-order valence-electron chi connectivity index (χ1n) is 23.0. The number of hydrogen-bond acceptors (Lipinski definition) is 7. The minimum absolute atomic E-state index is 0.115. The van der Waals surface area contributed by atoms with Gasteiger partial charge >= 0.3 is 5.97 Å². The Labute approximate surface area is 362 Å². The summed E-state index contributed by atoms with van der Waals surface area (Å²) in [7, 11) is 0. The van der Waals surface area contributed by atoms with Crippen LogP contribution in [0, 0.1) is 11.3 Å². The summed E-state index contributed by atoms with van der Waals surface area (Å²) in [4.78, 5) is 12.2. The van der Waals surface area contributed by atoms with Crippen molar-refractivity contribution >= 4 is 5.97 Å². The molecule has 0 bridgehead atoms. The molecule has 3 aromatic rings. The molecule has 1 saturated carbocycles. The highest BCUT2D eigenvalue weighted by molar-refractivity contribution is 5.86. The number of unbranched alkanes of at least 4 members (excludes halogenated alkanes) is 2. The Balaban J connectivity index is 1.64. The van der Waals surface area contributed by atoms with Crippen molar-refractivity contribution in [3.63, 3.8) is 0 Å². The second-order valence-electron chi connectivity index (χ2n) is 17.5. The molecule has 1 aliphatic rings. The molecule has 0 aromatic heterocycles. The summed E-state index contributed by atoms with van der Waals surface area (Å²) in [5, 5.41) is 30.8. The summed E-state index contributed by atoms with van der Waals surface area (Å²) in [6, 6.07) is 20.5. The Hall–Kier alpha value is -3.75. The van der Waals surface area contributed by atoms with E-state index in [1.54, 1.807) is 13.8 Å². The molecule has 3 aromatic carbocycles. The molecule has 0 saturated heterocycles. The third-order valence-electron chi connectivity index (χ3n) is 12.6. The Morgan fingerprint density at radius 3 is 1.97 bits per heavy atom. The zero-order valence-corrected chi connectivity index (χ0v) is 37.7. The maximum atomic E-state index is 12.2. The summed E-state index contributed by atoms with van der Waals surface area (Å²) in [5.41, 5.74) is 9.72. The standard InChI is InChI=1S/C53H76O7/c1-8-11-12-15-40-18-20-42(21-19-40)43-22-24-44(25-23-43)45-26-27-49(41(10-3)33-45)48-34-46(16-13-30-59-51(56)38(4)5)50(58-32-29-53(36-54,37-55)28-9-2)47(35-48)17-14-31-60-52(57)39(6)7/h22-27,33-35,40,42,51,54-56H,4,6,8-21,28-32,36-37H2,1-3,5,7H3. The number of hydrogen-bond donors (Lipinski definition) is 3. The van der Waals surface area contributed by atoms with Gasteiger partial charge in [-0.2, -0.15) is 0 Å². The fourth-order valence-corrected chi connectivity index (χ4v) is 8.77. The molecular formula is C53H76O7. The van der Waals surface area contributed by atoms with Crippen molar-refractivity contribution in [2.75, 3.05) is 33.0 Å². The van der Waals surface area contributed by atoms with Crippen molar-refractivity contribution in [2.45, 2.75) is 150 Å². The fourth-order valence-electron chi connectivity index (χ4n) is 8.77. The number of aliphatic hydroxyl groups is 3. The van der Waals surface area contributed by atoms with E-state index in [1.165, 1.54) is 73.6 Å². The number of carbonyl (C=O) groups is 1. The third-order valence-corrected chi connectivity index (χ3v) is 12.6. The largest absolute Gasteiger partial charge is 0.493 e. The predicted octanol–water partition coefficient (Wildman–Crippen LogP) is 11.9. The molecule has 60 heavy (non-hydrogen) atoms. The second-order valence-corrected chi connectivity index (χ2v) is 17.5. The van der Waals surface area contributed by atoms with Gasteiger partial charge in [0.1, 0.15) is 5.75 Å². The summed E-state index contributed by atoms with van der Waals surface area (Å²) in [6.07, 6.45) is 15.1. The van der Waals surface area contributed by atoms with Crippen molar-refractivity contribution < 1.29 is 34.3 Å². The van der Waals surface area contributed by atoms with Crippen LogP contribution in [-0.4, -0.2) is 60.6 Å². The maximum absolute atomic E-state index is 12.2. The highest BCUT2D eigenvalue weighted by Crippen LogP contribution is 2.40. The molecule has 0 spiro atoms. The number of aryl methyl sites for hydroxylation is 3. The average molecular weight is 825 g/mol. The molecule has 3 N–H and O–H groups in total. The Bertz CT molecular complexity index is 1780. The lowest BCUT2D eigenvalue weighted by atomic mass is 9.77. The van der Waals surface area contributed by atoms with Gasteiger partial charge < -0.3 is 29.5 Å². The van der Waals surface area contributed by atoms with Crippen LogP contribution in [0.4, 0.5) is 0 Å². The minimum Gasteiger partial charge on any atom is -0.493 e. The van der Waals surface area contributed by atoms with Gasteiger partial charge in [-0.3, -0.25) is 0 Å². The number of carbonyl (C=O) groups excluding carboxylic acids is 1. The van der Waals surface area contributed by atoms with Crippen LogP contribution in [0.2, 0.25) is 0 Å². The summed E-state index contributed by atoms with van der Waals surface area (Å²) in [6.45, 7) is 18.1. The van der Waals surface area contributed by atoms with Crippen LogP contribution in [0.1, 0.15) is 146 Å². The van der Waals surface area contributed by atoms with Gasteiger partial charge in [0.05, 0.1) is 33.0 Å². The Morgan fingerprint density at radius 1 is 0.750 bits per heavy atom. The Kier molecular flexibility index (Phi) is 20.6. The predicted molar refractivity (Wildman–Crippen MR) is 246 cm³/mol. The SMILES string of the molecule is C=C(C)C(=O)OCCCc1cc(-c2ccc(-c3ccc(C4CCC(CCCCC)CC4)cc3)cc2CC)cc(CCCOC(O)C(=C)C)c1OCCC(CO)(CO)CCC. The quantitative estimate of drug-likeness (QED) is 0.0231. The molecule has 1 unspecified atom stereocenters. The zero-order chi connectivity index (χ0) is 43.5. The topological polar surface area (TPSA) is 105 Å². The number of benzene rings is 3. The highest BCUT2D eigenvalue weighted by Gasteiger charge is 2.28.